The van der Waals surface area contributed by atoms with Gasteiger partial charge in [0.15, 0.2) is 5.78 Å². The van der Waals surface area contributed by atoms with Gasteiger partial charge in [-0.3, -0.25) is 9.48 Å². The fourth-order valence-electron chi connectivity index (χ4n) is 2.14. The number of hydrogen-bond acceptors (Lipinski definition) is 3. The minimum Gasteiger partial charge on any atom is -0.292 e. The zero-order valence-corrected chi connectivity index (χ0v) is 10.5. The molecule has 88 valence electrons. The summed E-state index contributed by atoms with van der Waals surface area (Å²) in [6, 6.07) is 1.84. The van der Waals surface area contributed by atoms with Crippen LogP contribution in [0.1, 0.15) is 36.7 Å². The Kier molecular flexibility index (Phi) is 4.04. The van der Waals surface area contributed by atoms with Crippen molar-refractivity contribution in [3.8, 4) is 0 Å². The van der Waals surface area contributed by atoms with Crippen LogP contribution < -0.4 is 0 Å². The number of hydrogen-bond donors (Lipinski definition) is 0. The fourth-order valence-corrected chi connectivity index (χ4v) is 3.34. The number of rotatable bonds is 4. The third-order valence-corrected chi connectivity index (χ3v) is 4.17. The standard InChI is InChI=1S/C12H18N2OS/c1-2-14-11(3-6-13-14)12(15)9-10-4-7-16-8-5-10/h3,6,10H,2,4-5,7-9H2,1H3. The van der Waals surface area contributed by atoms with E-state index in [-0.39, 0.29) is 5.78 Å². The van der Waals surface area contributed by atoms with Gasteiger partial charge in [-0.2, -0.15) is 16.9 Å². The van der Waals surface area contributed by atoms with Crippen molar-refractivity contribution in [1.82, 2.24) is 9.78 Å². The van der Waals surface area contributed by atoms with E-state index < -0.39 is 0 Å². The van der Waals surface area contributed by atoms with Crippen LogP contribution in [0, 0.1) is 5.92 Å². The van der Waals surface area contributed by atoms with Gasteiger partial charge in [0.2, 0.25) is 0 Å². The van der Waals surface area contributed by atoms with E-state index in [1.165, 1.54) is 24.3 Å². The van der Waals surface area contributed by atoms with Crippen molar-refractivity contribution < 1.29 is 4.79 Å². The van der Waals surface area contributed by atoms with Gasteiger partial charge >= 0.3 is 0 Å². The monoisotopic (exact) mass is 238 g/mol. The van der Waals surface area contributed by atoms with E-state index in [4.69, 9.17) is 0 Å². The number of aromatic nitrogens is 2. The largest absolute Gasteiger partial charge is 0.292 e. The molecule has 0 radical (unpaired) electrons. The third kappa shape index (κ3) is 2.67. The summed E-state index contributed by atoms with van der Waals surface area (Å²) >= 11 is 2.00. The lowest BCUT2D eigenvalue weighted by molar-refractivity contribution is 0.0948. The van der Waals surface area contributed by atoms with E-state index in [1.807, 2.05) is 24.8 Å². The maximum atomic E-state index is 12.1. The lowest BCUT2D eigenvalue weighted by atomic mass is 9.95. The molecule has 4 heteroatoms. The van der Waals surface area contributed by atoms with Crippen LogP contribution in [-0.2, 0) is 6.54 Å². The first kappa shape index (κ1) is 11.7. The van der Waals surface area contributed by atoms with Gasteiger partial charge in [-0.15, -0.1) is 0 Å². The van der Waals surface area contributed by atoms with Gasteiger partial charge in [0.05, 0.1) is 0 Å². The van der Waals surface area contributed by atoms with Crippen molar-refractivity contribution in [2.45, 2.75) is 32.7 Å². The van der Waals surface area contributed by atoms with E-state index in [1.54, 1.807) is 10.9 Å². The molecular formula is C12H18N2OS. The number of carbonyl (C=O) groups is 1. The SMILES string of the molecule is CCn1nccc1C(=O)CC1CCSCC1. The maximum absolute atomic E-state index is 12.1. The van der Waals surface area contributed by atoms with E-state index in [0.29, 0.717) is 12.3 Å². The highest BCUT2D eigenvalue weighted by molar-refractivity contribution is 7.99. The Morgan fingerprint density at radius 3 is 3.00 bits per heavy atom. The van der Waals surface area contributed by atoms with Gasteiger partial charge in [-0.25, -0.2) is 0 Å². The van der Waals surface area contributed by atoms with Crippen molar-refractivity contribution in [3.05, 3.63) is 18.0 Å². The van der Waals surface area contributed by atoms with Gasteiger partial charge in [0.1, 0.15) is 5.69 Å². The molecule has 1 aromatic heterocycles. The van der Waals surface area contributed by atoms with Crippen LogP contribution in [-0.4, -0.2) is 27.1 Å². The van der Waals surface area contributed by atoms with Crippen LogP contribution in [0.5, 0.6) is 0 Å². The highest BCUT2D eigenvalue weighted by atomic mass is 32.2. The fraction of sp³-hybridized carbons (Fsp3) is 0.667. The highest BCUT2D eigenvalue weighted by Gasteiger charge is 2.19. The number of Topliss-reactive ketones (excluding diaryl/α,β-unsaturated/α-hetero) is 1. The van der Waals surface area contributed by atoms with Crippen LogP contribution >= 0.6 is 11.8 Å². The predicted molar refractivity (Wildman–Crippen MR) is 66.9 cm³/mol. The summed E-state index contributed by atoms with van der Waals surface area (Å²) < 4.78 is 1.79. The molecule has 3 nitrogen and oxygen atoms in total. The number of aryl methyl sites for hydroxylation is 1. The maximum Gasteiger partial charge on any atom is 0.181 e. The first-order valence-corrected chi connectivity index (χ1v) is 7.09. The Morgan fingerprint density at radius 1 is 1.56 bits per heavy atom. The molecule has 16 heavy (non-hydrogen) atoms. The Hall–Kier alpha value is -0.770. The molecule has 1 saturated heterocycles. The van der Waals surface area contributed by atoms with Gasteiger partial charge < -0.3 is 0 Å². The summed E-state index contributed by atoms with van der Waals surface area (Å²) in [5, 5.41) is 4.14. The molecule has 1 aliphatic rings. The molecular weight excluding hydrogens is 220 g/mol. The zero-order chi connectivity index (χ0) is 11.4. The zero-order valence-electron chi connectivity index (χ0n) is 9.69. The number of carbonyl (C=O) groups excluding carboxylic acids is 1. The van der Waals surface area contributed by atoms with Crippen molar-refractivity contribution in [1.29, 1.82) is 0 Å². The number of thioether (sulfide) groups is 1. The molecule has 1 aliphatic heterocycles. The average molecular weight is 238 g/mol. The molecule has 1 aromatic rings. The Bertz CT molecular complexity index is 356. The summed E-state index contributed by atoms with van der Waals surface area (Å²) in [4.78, 5) is 12.1. The normalized spacial score (nSPS) is 17.6. The minimum atomic E-state index is 0.260. The second-order valence-electron chi connectivity index (χ2n) is 4.22. The van der Waals surface area contributed by atoms with Gasteiger partial charge in [0, 0.05) is 19.2 Å². The van der Waals surface area contributed by atoms with E-state index in [0.717, 1.165) is 12.2 Å². The van der Waals surface area contributed by atoms with Gasteiger partial charge in [-0.05, 0) is 43.3 Å². The van der Waals surface area contributed by atoms with Gasteiger partial charge in [0.25, 0.3) is 0 Å². The molecule has 0 atom stereocenters. The van der Waals surface area contributed by atoms with E-state index in [9.17, 15) is 4.79 Å². The number of nitrogens with zero attached hydrogens (tertiary/aromatic N) is 2. The molecule has 0 bridgehead atoms. The number of ketones is 1. The highest BCUT2D eigenvalue weighted by Crippen LogP contribution is 2.26. The van der Waals surface area contributed by atoms with Crippen LogP contribution in [0.25, 0.3) is 0 Å². The van der Waals surface area contributed by atoms with Gasteiger partial charge in [-0.1, -0.05) is 0 Å². The van der Waals surface area contributed by atoms with E-state index in [2.05, 4.69) is 5.10 Å². The lowest BCUT2D eigenvalue weighted by Gasteiger charge is -2.20. The second-order valence-corrected chi connectivity index (χ2v) is 5.44. The van der Waals surface area contributed by atoms with Crippen LogP contribution in [0.2, 0.25) is 0 Å². The molecule has 0 spiro atoms. The van der Waals surface area contributed by atoms with Crippen molar-refractivity contribution in [2.75, 3.05) is 11.5 Å². The second kappa shape index (κ2) is 5.53. The first-order chi connectivity index (χ1) is 7.81. The Morgan fingerprint density at radius 2 is 2.31 bits per heavy atom. The molecule has 0 saturated carbocycles. The van der Waals surface area contributed by atoms with Crippen molar-refractivity contribution >= 4 is 17.5 Å². The van der Waals surface area contributed by atoms with E-state index >= 15 is 0 Å². The Labute approximate surface area is 101 Å². The smallest absolute Gasteiger partial charge is 0.181 e. The molecule has 0 aromatic carbocycles. The summed E-state index contributed by atoms with van der Waals surface area (Å²) in [5.74, 6) is 3.28. The Balaban J connectivity index is 1.96. The van der Waals surface area contributed by atoms with Crippen molar-refractivity contribution in [2.24, 2.45) is 5.92 Å². The minimum absolute atomic E-state index is 0.260. The summed E-state index contributed by atoms with van der Waals surface area (Å²) in [5.41, 5.74) is 0.778. The summed E-state index contributed by atoms with van der Waals surface area (Å²) in [6.07, 6.45) is 4.80. The average Bonchev–Trinajstić information content (AvgIpc) is 2.78. The predicted octanol–water partition coefficient (Wildman–Crippen LogP) is 2.62. The third-order valence-electron chi connectivity index (χ3n) is 3.12. The topological polar surface area (TPSA) is 34.9 Å². The molecule has 0 amide bonds. The molecule has 2 heterocycles. The molecule has 1 fully saturated rings. The summed E-state index contributed by atoms with van der Waals surface area (Å²) in [6.45, 7) is 2.79. The molecule has 2 rings (SSSR count). The van der Waals surface area contributed by atoms with Crippen LogP contribution in [0.3, 0.4) is 0 Å². The quantitative estimate of drug-likeness (QED) is 0.756. The first-order valence-electron chi connectivity index (χ1n) is 5.94. The molecule has 0 N–H and O–H groups in total. The summed E-state index contributed by atoms with van der Waals surface area (Å²) in [7, 11) is 0. The molecule has 0 aliphatic carbocycles. The van der Waals surface area contributed by atoms with Crippen LogP contribution in [0.4, 0.5) is 0 Å². The lowest BCUT2D eigenvalue weighted by Crippen LogP contribution is -2.17. The molecule has 0 unspecified atom stereocenters. The van der Waals surface area contributed by atoms with Crippen LogP contribution in [0.15, 0.2) is 12.3 Å². The van der Waals surface area contributed by atoms with Crippen molar-refractivity contribution in [3.63, 3.8) is 0 Å².